The number of hydrogen-bond donors (Lipinski definition) is 3. The van der Waals surface area contributed by atoms with E-state index >= 15 is 0 Å². The van der Waals surface area contributed by atoms with E-state index in [-0.39, 0.29) is 18.4 Å². The molecule has 1 atom stereocenters. The van der Waals surface area contributed by atoms with E-state index < -0.39 is 13.5 Å². The number of rotatable bonds is 13. The average Bonchev–Trinajstić information content (AvgIpc) is 3.33. The molecule has 11 heteroatoms. The van der Waals surface area contributed by atoms with Gasteiger partial charge in [0.05, 0.1) is 11.4 Å². The summed E-state index contributed by atoms with van der Waals surface area (Å²) in [6, 6.07) is 19.6. The van der Waals surface area contributed by atoms with E-state index in [1.54, 1.807) is 4.68 Å². The number of carbonyl (C=O) groups is 1. The first-order valence-electron chi connectivity index (χ1n) is 13.8. The number of aromatic nitrogens is 2. The van der Waals surface area contributed by atoms with E-state index in [0.29, 0.717) is 13.0 Å². The van der Waals surface area contributed by atoms with Crippen LogP contribution in [-0.2, 0) is 16.0 Å². The highest BCUT2D eigenvalue weighted by Crippen LogP contribution is 2.28. The van der Waals surface area contributed by atoms with E-state index in [2.05, 4.69) is 22.2 Å². The number of likely N-dealkylation sites (N-methyl/N-ethyl adjacent to an activating group) is 1. The van der Waals surface area contributed by atoms with Crippen molar-refractivity contribution < 1.29 is 24.2 Å². The molecule has 0 saturated carbocycles. The molecule has 3 aromatic rings. The van der Waals surface area contributed by atoms with E-state index in [9.17, 15) is 14.8 Å². The number of carbonyl (C=O) groups excluding carboxylic acids is 1. The van der Waals surface area contributed by atoms with Crippen molar-refractivity contribution in [3.8, 4) is 28.3 Å². The molecule has 40 heavy (non-hydrogen) atoms. The maximum atomic E-state index is 13.0. The molecule has 4 rings (SSSR count). The average molecular weight is 549 g/mol. The highest BCUT2D eigenvalue weighted by molar-refractivity contribution is 6.32. The van der Waals surface area contributed by atoms with Gasteiger partial charge < -0.3 is 29.7 Å². The molecule has 1 fully saturated rings. The van der Waals surface area contributed by atoms with Crippen molar-refractivity contribution >= 4 is 13.2 Å². The van der Waals surface area contributed by atoms with Gasteiger partial charge in [-0.05, 0) is 43.1 Å². The van der Waals surface area contributed by atoms with Crippen molar-refractivity contribution in [3.63, 3.8) is 0 Å². The number of hydrogen-bond acceptors (Lipinski definition) is 8. The van der Waals surface area contributed by atoms with Gasteiger partial charge in [0, 0.05) is 38.3 Å². The molecule has 0 spiro atoms. The Bertz CT molecular complexity index is 1200. The molecule has 0 radical (unpaired) electrons. The van der Waals surface area contributed by atoms with Gasteiger partial charge in [-0.25, -0.2) is 0 Å². The Morgan fingerprint density at radius 2 is 1.75 bits per heavy atom. The van der Waals surface area contributed by atoms with Crippen LogP contribution in [0.5, 0.6) is 5.75 Å². The van der Waals surface area contributed by atoms with Crippen LogP contribution in [0.2, 0.25) is 0 Å². The van der Waals surface area contributed by atoms with E-state index in [4.69, 9.17) is 14.5 Å². The fraction of sp³-hybridized carbons (Fsp3) is 0.448. The van der Waals surface area contributed by atoms with Crippen LogP contribution in [0.3, 0.4) is 0 Å². The molecule has 2 heterocycles. The van der Waals surface area contributed by atoms with Crippen LogP contribution >= 0.6 is 0 Å². The number of amides is 1. The Morgan fingerprint density at radius 3 is 2.45 bits per heavy atom. The smallest absolute Gasteiger partial charge is 0.492 e. The highest BCUT2D eigenvalue weighted by Gasteiger charge is 2.22. The van der Waals surface area contributed by atoms with Gasteiger partial charge in [0.2, 0.25) is 5.91 Å². The van der Waals surface area contributed by atoms with Gasteiger partial charge >= 0.3 is 7.32 Å². The topological polar surface area (TPSA) is 112 Å². The third-order valence-electron chi connectivity index (χ3n) is 6.84. The summed E-state index contributed by atoms with van der Waals surface area (Å²) in [5, 5.41) is 26.1. The van der Waals surface area contributed by atoms with Gasteiger partial charge in [0.15, 0.2) is 0 Å². The third-order valence-corrected chi connectivity index (χ3v) is 6.84. The third kappa shape index (κ3) is 8.90. The SMILES string of the molecule is CC(C)C[C@H](NC(=O)Cn1nc(-c2cccc(OCCN3CCN(C)CC3)c2)cc1-c1ccccc1)OB(O)O. The first-order chi connectivity index (χ1) is 19.3. The van der Waals surface area contributed by atoms with Crippen molar-refractivity contribution in [1.29, 1.82) is 0 Å². The van der Waals surface area contributed by atoms with E-state index in [1.807, 2.05) is 74.5 Å². The predicted molar refractivity (Wildman–Crippen MR) is 155 cm³/mol. The van der Waals surface area contributed by atoms with Crippen molar-refractivity contribution in [2.24, 2.45) is 5.92 Å². The molecular formula is C29H40BN5O5. The van der Waals surface area contributed by atoms with Crippen molar-refractivity contribution in [2.45, 2.75) is 33.0 Å². The van der Waals surface area contributed by atoms with Gasteiger partial charge in [-0.1, -0.05) is 56.3 Å². The number of nitrogens with one attached hydrogen (secondary N) is 1. The lowest BCUT2D eigenvalue weighted by Gasteiger charge is -2.32. The summed E-state index contributed by atoms with van der Waals surface area (Å²) in [7, 11) is 0.174. The molecule has 0 unspecified atom stereocenters. The molecule has 1 aliphatic rings. The van der Waals surface area contributed by atoms with Crippen LogP contribution < -0.4 is 10.1 Å². The summed E-state index contributed by atoms with van der Waals surface area (Å²) < 4.78 is 12.8. The lowest BCUT2D eigenvalue weighted by molar-refractivity contribution is -0.125. The highest BCUT2D eigenvalue weighted by atomic mass is 16.6. The maximum Gasteiger partial charge on any atom is 0.635 e. The van der Waals surface area contributed by atoms with Gasteiger partial charge in [0.1, 0.15) is 25.1 Å². The standard InChI is InChI=1S/C29H40BN5O5/c1-22(2)18-29(40-30(37)38)31-28(36)21-35-27(23-8-5-4-6-9-23)20-26(32-35)24-10-7-11-25(19-24)39-17-16-34-14-12-33(3)13-15-34/h4-11,19-20,22,29,37-38H,12-18,21H2,1-3H3,(H,31,36)/t29-/m1/s1. The van der Waals surface area contributed by atoms with Crippen LogP contribution in [0.4, 0.5) is 0 Å². The second-order valence-corrected chi connectivity index (χ2v) is 10.6. The summed E-state index contributed by atoms with van der Waals surface area (Å²) in [6.07, 6.45) is -0.400. The molecule has 1 saturated heterocycles. The summed E-state index contributed by atoms with van der Waals surface area (Å²) in [5.74, 6) is 0.604. The minimum Gasteiger partial charge on any atom is -0.492 e. The lowest BCUT2D eigenvalue weighted by Crippen LogP contribution is -2.45. The number of ether oxygens (including phenoxy) is 1. The number of nitrogens with zero attached hydrogens (tertiary/aromatic N) is 4. The van der Waals surface area contributed by atoms with Gasteiger partial charge in [0.25, 0.3) is 0 Å². The summed E-state index contributed by atoms with van der Waals surface area (Å²) in [6.45, 7) is 9.62. The minimum atomic E-state index is -1.98. The summed E-state index contributed by atoms with van der Waals surface area (Å²) in [4.78, 5) is 17.7. The molecule has 2 aromatic carbocycles. The molecular weight excluding hydrogens is 509 g/mol. The largest absolute Gasteiger partial charge is 0.635 e. The Morgan fingerprint density at radius 1 is 1.02 bits per heavy atom. The molecule has 0 aliphatic carbocycles. The lowest BCUT2D eigenvalue weighted by atomic mass is 10.1. The van der Waals surface area contributed by atoms with Gasteiger partial charge in [-0.3, -0.25) is 14.4 Å². The minimum absolute atomic E-state index is 0.0646. The van der Waals surface area contributed by atoms with E-state index in [1.165, 1.54) is 0 Å². The zero-order valence-corrected chi connectivity index (χ0v) is 23.6. The van der Waals surface area contributed by atoms with Gasteiger partial charge in [-0.15, -0.1) is 0 Å². The Balaban J connectivity index is 1.48. The van der Waals surface area contributed by atoms with Crippen LogP contribution in [-0.4, -0.2) is 95.5 Å². The normalized spacial score (nSPS) is 15.2. The summed E-state index contributed by atoms with van der Waals surface area (Å²) in [5.41, 5.74) is 3.32. The van der Waals surface area contributed by atoms with Crippen LogP contribution in [0.25, 0.3) is 22.5 Å². The maximum absolute atomic E-state index is 13.0. The number of benzene rings is 2. The molecule has 10 nitrogen and oxygen atoms in total. The van der Waals surface area contributed by atoms with Crippen LogP contribution in [0.15, 0.2) is 60.7 Å². The van der Waals surface area contributed by atoms with Crippen molar-refractivity contribution in [2.75, 3.05) is 46.4 Å². The molecule has 1 aliphatic heterocycles. The molecule has 3 N–H and O–H groups in total. The molecule has 1 aromatic heterocycles. The molecule has 0 bridgehead atoms. The van der Waals surface area contributed by atoms with Crippen molar-refractivity contribution in [1.82, 2.24) is 24.9 Å². The Labute approximate surface area is 236 Å². The van der Waals surface area contributed by atoms with Crippen LogP contribution in [0, 0.1) is 5.92 Å². The fourth-order valence-electron chi connectivity index (χ4n) is 4.71. The van der Waals surface area contributed by atoms with Crippen LogP contribution in [0.1, 0.15) is 20.3 Å². The van der Waals surface area contributed by atoms with Crippen molar-refractivity contribution in [3.05, 3.63) is 60.7 Å². The molecule has 214 valence electrons. The second kappa shape index (κ2) is 14.4. The monoisotopic (exact) mass is 549 g/mol. The zero-order valence-electron chi connectivity index (χ0n) is 23.6. The summed E-state index contributed by atoms with van der Waals surface area (Å²) >= 11 is 0. The predicted octanol–water partition coefficient (Wildman–Crippen LogP) is 2.32. The number of piperazine rings is 1. The zero-order chi connectivity index (χ0) is 28.5. The second-order valence-electron chi connectivity index (χ2n) is 10.6. The molecule has 1 amide bonds. The Kier molecular flexibility index (Phi) is 10.7. The fourth-order valence-corrected chi connectivity index (χ4v) is 4.71. The first-order valence-corrected chi connectivity index (χ1v) is 13.8. The Hall–Kier alpha value is -3.22. The first kappa shape index (κ1) is 29.8. The quantitative estimate of drug-likeness (QED) is 0.220. The van der Waals surface area contributed by atoms with E-state index in [0.717, 1.165) is 61.0 Å². The van der Waals surface area contributed by atoms with Gasteiger partial charge in [-0.2, -0.15) is 5.10 Å².